The monoisotopic (exact) mass is 311 g/mol. The van der Waals surface area contributed by atoms with Gasteiger partial charge in [0.15, 0.2) is 11.6 Å². The van der Waals surface area contributed by atoms with Gasteiger partial charge in [-0.2, -0.15) is 0 Å². The Morgan fingerprint density at radius 1 is 1.30 bits per heavy atom. The van der Waals surface area contributed by atoms with Gasteiger partial charge in [-0.25, -0.2) is 0 Å². The summed E-state index contributed by atoms with van der Waals surface area (Å²) >= 11 is 0. The molecule has 0 saturated carbocycles. The minimum absolute atomic E-state index is 0.0207. The lowest BCUT2D eigenvalue weighted by atomic mass is 9.76. The van der Waals surface area contributed by atoms with Crippen LogP contribution >= 0.6 is 0 Å². The van der Waals surface area contributed by atoms with Crippen LogP contribution in [0.3, 0.4) is 0 Å². The summed E-state index contributed by atoms with van der Waals surface area (Å²) in [5, 5.41) is 0. The van der Waals surface area contributed by atoms with Gasteiger partial charge in [0.05, 0.1) is 30.7 Å². The maximum absolute atomic E-state index is 12.9. The SMILES string of the molecule is CC(=O)[C@@H]1[C@H]2[C@H](C(=O)[C@H]3OC[C@@H]2O3)[C@H]2c3ccccc3C=CN12. The maximum Gasteiger partial charge on any atom is 0.218 e. The molecule has 0 aromatic heterocycles. The first-order chi connectivity index (χ1) is 11.2. The van der Waals surface area contributed by atoms with Crippen LogP contribution in [0.25, 0.3) is 6.08 Å². The van der Waals surface area contributed by atoms with Crippen molar-refractivity contribution in [1.29, 1.82) is 0 Å². The van der Waals surface area contributed by atoms with E-state index in [1.165, 1.54) is 0 Å². The van der Waals surface area contributed by atoms with Crippen LogP contribution in [-0.4, -0.2) is 41.5 Å². The molecule has 4 aliphatic rings. The van der Waals surface area contributed by atoms with Crippen molar-refractivity contribution < 1.29 is 19.1 Å². The second-order valence-corrected chi connectivity index (χ2v) is 6.74. The molecule has 4 heterocycles. The van der Waals surface area contributed by atoms with Crippen molar-refractivity contribution in [3.8, 4) is 0 Å². The highest BCUT2D eigenvalue weighted by Gasteiger charge is 2.63. The number of hydrogen-bond acceptors (Lipinski definition) is 5. The van der Waals surface area contributed by atoms with Gasteiger partial charge >= 0.3 is 0 Å². The second kappa shape index (κ2) is 4.52. The minimum atomic E-state index is -0.758. The van der Waals surface area contributed by atoms with Crippen LogP contribution in [0.4, 0.5) is 0 Å². The average Bonchev–Trinajstić information content (AvgIpc) is 3.13. The number of nitrogens with zero attached hydrogens (tertiary/aromatic N) is 1. The number of carbonyl (C=O) groups is 2. The van der Waals surface area contributed by atoms with Crippen LogP contribution in [0.2, 0.25) is 0 Å². The van der Waals surface area contributed by atoms with Crippen molar-refractivity contribution in [2.75, 3.05) is 6.61 Å². The molecule has 0 amide bonds. The molecule has 3 fully saturated rings. The van der Waals surface area contributed by atoms with Gasteiger partial charge in [0.2, 0.25) is 6.29 Å². The Labute approximate surface area is 133 Å². The van der Waals surface area contributed by atoms with E-state index in [0.29, 0.717) is 6.61 Å². The van der Waals surface area contributed by atoms with Gasteiger partial charge in [0.1, 0.15) is 0 Å². The number of carbonyl (C=O) groups excluding carboxylic acids is 2. The predicted molar refractivity (Wildman–Crippen MR) is 81.1 cm³/mol. The Morgan fingerprint density at radius 2 is 2.13 bits per heavy atom. The topological polar surface area (TPSA) is 55.8 Å². The fourth-order valence-electron chi connectivity index (χ4n) is 4.79. The van der Waals surface area contributed by atoms with E-state index in [0.717, 1.165) is 11.1 Å². The summed E-state index contributed by atoms with van der Waals surface area (Å²) in [6.45, 7) is 2.00. The molecule has 2 bridgehead atoms. The molecule has 6 atom stereocenters. The minimum Gasteiger partial charge on any atom is -0.359 e. The van der Waals surface area contributed by atoms with Gasteiger partial charge in [0.25, 0.3) is 0 Å². The number of rotatable bonds is 1. The molecule has 1 aromatic rings. The van der Waals surface area contributed by atoms with Crippen molar-refractivity contribution in [2.24, 2.45) is 11.8 Å². The van der Waals surface area contributed by atoms with E-state index in [9.17, 15) is 9.59 Å². The molecule has 4 aliphatic heterocycles. The number of hydrogen-bond donors (Lipinski definition) is 0. The third-order valence-electron chi connectivity index (χ3n) is 5.62. The molecule has 0 spiro atoms. The first-order valence-corrected chi connectivity index (χ1v) is 8.02. The molecule has 5 heteroatoms. The lowest BCUT2D eigenvalue weighted by Crippen LogP contribution is -2.47. The molecule has 0 unspecified atom stereocenters. The summed E-state index contributed by atoms with van der Waals surface area (Å²) < 4.78 is 11.2. The second-order valence-electron chi connectivity index (χ2n) is 6.74. The Bertz CT molecular complexity index is 742. The zero-order chi connectivity index (χ0) is 15.7. The third-order valence-corrected chi connectivity index (χ3v) is 5.62. The summed E-state index contributed by atoms with van der Waals surface area (Å²) in [5.74, 6) is -0.332. The summed E-state index contributed by atoms with van der Waals surface area (Å²) in [7, 11) is 0. The van der Waals surface area contributed by atoms with Gasteiger partial charge < -0.3 is 14.4 Å². The molecule has 0 radical (unpaired) electrons. The fourth-order valence-corrected chi connectivity index (χ4v) is 4.79. The average molecular weight is 311 g/mol. The van der Waals surface area contributed by atoms with Crippen molar-refractivity contribution in [2.45, 2.75) is 31.4 Å². The Hall–Kier alpha value is -1.98. The van der Waals surface area contributed by atoms with Gasteiger partial charge in [0, 0.05) is 12.1 Å². The fraction of sp³-hybridized carbons (Fsp3) is 0.444. The molecule has 1 aromatic carbocycles. The molecule has 5 rings (SSSR count). The lowest BCUT2D eigenvalue weighted by Gasteiger charge is -2.34. The lowest BCUT2D eigenvalue weighted by molar-refractivity contribution is -0.165. The molecule has 23 heavy (non-hydrogen) atoms. The van der Waals surface area contributed by atoms with Crippen LogP contribution in [-0.2, 0) is 19.1 Å². The van der Waals surface area contributed by atoms with Gasteiger partial charge in [-0.3, -0.25) is 9.59 Å². The van der Waals surface area contributed by atoms with Crippen LogP contribution in [0.15, 0.2) is 30.5 Å². The molecule has 0 N–H and O–H groups in total. The smallest absolute Gasteiger partial charge is 0.218 e. The molecular weight excluding hydrogens is 294 g/mol. The van der Waals surface area contributed by atoms with Crippen molar-refractivity contribution in [1.82, 2.24) is 4.90 Å². The number of Topliss-reactive ketones (excluding diaryl/α,β-unsaturated/α-hetero) is 2. The molecule has 118 valence electrons. The zero-order valence-corrected chi connectivity index (χ0v) is 12.7. The largest absolute Gasteiger partial charge is 0.359 e. The Kier molecular flexibility index (Phi) is 2.65. The van der Waals surface area contributed by atoms with E-state index in [4.69, 9.17) is 9.47 Å². The van der Waals surface area contributed by atoms with Crippen molar-refractivity contribution >= 4 is 17.6 Å². The first-order valence-electron chi connectivity index (χ1n) is 8.02. The number of fused-ring (bicyclic) bond motifs is 8. The number of ketones is 2. The predicted octanol–water partition coefficient (Wildman–Crippen LogP) is 1.54. The Balaban J connectivity index is 1.70. The molecule has 5 nitrogen and oxygen atoms in total. The van der Waals surface area contributed by atoms with Crippen LogP contribution in [0.5, 0.6) is 0 Å². The van der Waals surface area contributed by atoms with Crippen LogP contribution < -0.4 is 0 Å². The number of ether oxygens (including phenoxy) is 2. The maximum atomic E-state index is 12.9. The summed E-state index contributed by atoms with van der Waals surface area (Å²) in [6.07, 6.45) is 3.06. The van der Waals surface area contributed by atoms with E-state index >= 15 is 0 Å². The van der Waals surface area contributed by atoms with Crippen LogP contribution in [0, 0.1) is 11.8 Å². The molecule has 0 aliphatic carbocycles. The standard InChI is InChI=1S/C18H17NO4/c1-9(20)15-13-12-8-22-18(23-12)17(21)14(13)16-11-5-3-2-4-10(11)6-7-19(15)16/h2-7,12-16,18H,8H2,1H3/t12-,13+,14-,15+,16+,18-/m0/s1. The van der Waals surface area contributed by atoms with Crippen molar-refractivity contribution in [3.05, 3.63) is 41.6 Å². The van der Waals surface area contributed by atoms with E-state index in [-0.39, 0.29) is 41.6 Å². The van der Waals surface area contributed by atoms with Gasteiger partial charge in [-0.15, -0.1) is 0 Å². The third kappa shape index (κ3) is 1.64. The van der Waals surface area contributed by atoms with E-state index in [2.05, 4.69) is 11.0 Å². The van der Waals surface area contributed by atoms with E-state index in [1.54, 1.807) is 6.92 Å². The normalized spacial score (nSPS) is 39.9. The van der Waals surface area contributed by atoms with Crippen molar-refractivity contribution in [3.63, 3.8) is 0 Å². The van der Waals surface area contributed by atoms with E-state index in [1.807, 2.05) is 30.5 Å². The van der Waals surface area contributed by atoms with Crippen LogP contribution in [0.1, 0.15) is 24.1 Å². The van der Waals surface area contributed by atoms with Gasteiger partial charge in [-0.1, -0.05) is 24.3 Å². The summed E-state index contributed by atoms with van der Waals surface area (Å²) in [6, 6.07) is 7.66. The molecule has 3 saturated heterocycles. The highest BCUT2D eigenvalue weighted by molar-refractivity contribution is 5.91. The summed E-state index contributed by atoms with van der Waals surface area (Å²) in [4.78, 5) is 27.3. The highest BCUT2D eigenvalue weighted by Crippen LogP contribution is 2.54. The van der Waals surface area contributed by atoms with E-state index < -0.39 is 6.29 Å². The Morgan fingerprint density at radius 3 is 2.96 bits per heavy atom. The quantitative estimate of drug-likeness (QED) is 0.787. The summed E-state index contributed by atoms with van der Waals surface area (Å²) in [5.41, 5.74) is 2.23. The molecular formula is C18H17NO4. The number of benzene rings is 1. The highest BCUT2D eigenvalue weighted by atomic mass is 16.7. The first kappa shape index (κ1) is 13.5. The zero-order valence-electron chi connectivity index (χ0n) is 12.7. The van der Waals surface area contributed by atoms with Gasteiger partial charge in [-0.05, 0) is 24.1 Å².